The van der Waals surface area contributed by atoms with Gasteiger partial charge in [-0.15, -0.1) is 0 Å². The molecule has 2 saturated carbocycles. The summed E-state index contributed by atoms with van der Waals surface area (Å²) in [6.45, 7) is 0. The first kappa shape index (κ1) is 15.2. The second-order valence-corrected chi connectivity index (χ2v) is 8.95. The summed E-state index contributed by atoms with van der Waals surface area (Å²) in [7, 11) is -3.42. The highest BCUT2D eigenvalue weighted by Gasteiger charge is 2.58. The van der Waals surface area contributed by atoms with Gasteiger partial charge in [0.15, 0.2) is 9.84 Å². The Balaban J connectivity index is 1.88. The molecule has 0 saturated heterocycles. The second-order valence-electron chi connectivity index (χ2n) is 6.61. The van der Waals surface area contributed by atoms with Crippen molar-refractivity contribution in [3.8, 4) is 6.07 Å². The Labute approximate surface area is 131 Å². The van der Waals surface area contributed by atoms with Gasteiger partial charge in [0.25, 0.3) is 0 Å². The maximum Gasteiger partial charge on any atom is 0.184 e. The summed E-state index contributed by atoms with van der Waals surface area (Å²) >= 11 is 0. The SMILES string of the molecule is N#CC1(CC2(S(=O)(=O)c3ccccc3)CC2)CCC(=O)CC1. The van der Waals surface area contributed by atoms with Crippen molar-refractivity contribution in [3.05, 3.63) is 30.3 Å². The van der Waals surface area contributed by atoms with Crippen molar-refractivity contribution in [2.45, 2.75) is 54.6 Å². The summed E-state index contributed by atoms with van der Waals surface area (Å²) in [5.74, 6) is 0.182. The lowest BCUT2D eigenvalue weighted by molar-refractivity contribution is -0.121. The molecule has 2 aliphatic carbocycles. The number of Topliss-reactive ketones (excluding diaryl/α,β-unsaturated/α-hetero) is 1. The number of carbonyl (C=O) groups is 1. The number of carbonyl (C=O) groups excluding carboxylic acids is 1. The van der Waals surface area contributed by atoms with Crippen LogP contribution in [0.2, 0.25) is 0 Å². The Hall–Kier alpha value is -1.67. The maximum absolute atomic E-state index is 12.9. The van der Waals surface area contributed by atoms with Crippen LogP contribution in [0.3, 0.4) is 0 Å². The third kappa shape index (κ3) is 2.46. The highest BCUT2D eigenvalue weighted by Crippen LogP contribution is 2.56. The van der Waals surface area contributed by atoms with E-state index >= 15 is 0 Å². The van der Waals surface area contributed by atoms with Crippen LogP contribution >= 0.6 is 0 Å². The number of benzene rings is 1. The summed E-state index contributed by atoms with van der Waals surface area (Å²) < 4.78 is 25.1. The molecule has 0 N–H and O–H groups in total. The van der Waals surface area contributed by atoms with Crippen LogP contribution < -0.4 is 0 Å². The number of nitrogens with zero attached hydrogens (tertiary/aromatic N) is 1. The van der Waals surface area contributed by atoms with Gasteiger partial charge in [-0.05, 0) is 44.2 Å². The summed E-state index contributed by atoms with van der Waals surface area (Å²) in [6.07, 6.45) is 3.37. The van der Waals surface area contributed by atoms with Crippen LogP contribution in [0.15, 0.2) is 35.2 Å². The lowest BCUT2D eigenvalue weighted by Gasteiger charge is -2.33. The van der Waals surface area contributed by atoms with Gasteiger partial charge in [0.2, 0.25) is 0 Å². The summed E-state index contributed by atoms with van der Waals surface area (Å²) in [4.78, 5) is 11.8. The van der Waals surface area contributed by atoms with E-state index in [0.717, 1.165) is 0 Å². The zero-order valence-corrected chi connectivity index (χ0v) is 13.2. The van der Waals surface area contributed by atoms with Crippen LogP contribution in [0.5, 0.6) is 0 Å². The molecule has 5 heteroatoms. The maximum atomic E-state index is 12.9. The lowest BCUT2D eigenvalue weighted by atomic mass is 9.71. The number of rotatable bonds is 4. The van der Waals surface area contributed by atoms with E-state index in [0.29, 0.717) is 49.8 Å². The lowest BCUT2D eigenvalue weighted by Crippen LogP contribution is -2.35. The van der Waals surface area contributed by atoms with Gasteiger partial charge in [-0.1, -0.05) is 18.2 Å². The first-order valence-electron chi connectivity index (χ1n) is 7.66. The second kappa shape index (κ2) is 5.20. The van der Waals surface area contributed by atoms with Gasteiger partial charge in [0.1, 0.15) is 5.78 Å². The van der Waals surface area contributed by atoms with Crippen LogP contribution in [0.1, 0.15) is 44.9 Å². The Kier molecular flexibility index (Phi) is 3.60. The number of ketones is 1. The molecule has 22 heavy (non-hydrogen) atoms. The highest BCUT2D eigenvalue weighted by atomic mass is 32.2. The van der Waals surface area contributed by atoms with Crippen molar-refractivity contribution < 1.29 is 13.2 Å². The van der Waals surface area contributed by atoms with Gasteiger partial charge in [0, 0.05) is 12.8 Å². The van der Waals surface area contributed by atoms with Crippen LogP contribution in [-0.2, 0) is 14.6 Å². The first-order chi connectivity index (χ1) is 10.4. The Morgan fingerprint density at radius 1 is 1.05 bits per heavy atom. The molecule has 2 aliphatic rings. The predicted octanol–water partition coefficient (Wildman–Crippen LogP) is 3.04. The third-order valence-electron chi connectivity index (χ3n) is 5.09. The minimum absolute atomic E-state index is 0.182. The van der Waals surface area contributed by atoms with E-state index in [2.05, 4.69) is 6.07 Å². The van der Waals surface area contributed by atoms with Gasteiger partial charge in [-0.2, -0.15) is 5.26 Å². The van der Waals surface area contributed by atoms with Crippen molar-refractivity contribution in [2.24, 2.45) is 5.41 Å². The molecule has 0 atom stereocenters. The monoisotopic (exact) mass is 317 g/mol. The van der Waals surface area contributed by atoms with E-state index in [1.807, 2.05) is 0 Å². The van der Waals surface area contributed by atoms with E-state index in [1.54, 1.807) is 30.3 Å². The summed E-state index contributed by atoms with van der Waals surface area (Å²) in [5.41, 5.74) is -0.660. The molecule has 0 bridgehead atoms. The van der Waals surface area contributed by atoms with Gasteiger partial charge < -0.3 is 0 Å². The van der Waals surface area contributed by atoms with Crippen LogP contribution in [-0.4, -0.2) is 18.9 Å². The Morgan fingerprint density at radius 3 is 2.14 bits per heavy atom. The molecule has 4 nitrogen and oxygen atoms in total. The highest BCUT2D eigenvalue weighted by molar-refractivity contribution is 7.93. The molecule has 0 radical (unpaired) electrons. The largest absolute Gasteiger partial charge is 0.300 e. The molecular formula is C17H19NO3S. The average Bonchev–Trinajstić information content (AvgIpc) is 3.32. The zero-order chi connectivity index (χ0) is 15.8. The van der Waals surface area contributed by atoms with Crippen molar-refractivity contribution in [1.29, 1.82) is 5.26 Å². The van der Waals surface area contributed by atoms with Crippen LogP contribution in [0, 0.1) is 16.7 Å². The quantitative estimate of drug-likeness (QED) is 0.855. The average molecular weight is 317 g/mol. The summed E-state index contributed by atoms with van der Waals surface area (Å²) in [6, 6.07) is 10.8. The Bertz CT molecular complexity index is 717. The van der Waals surface area contributed by atoms with E-state index in [1.165, 1.54) is 0 Å². The fraction of sp³-hybridized carbons (Fsp3) is 0.529. The fourth-order valence-corrected chi connectivity index (χ4v) is 5.60. The molecule has 1 aromatic rings. The van der Waals surface area contributed by atoms with E-state index < -0.39 is 20.0 Å². The van der Waals surface area contributed by atoms with E-state index in [4.69, 9.17) is 0 Å². The number of hydrogen-bond acceptors (Lipinski definition) is 4. The smallest absolute Gasteiger partial charge is 0.184 e. The van der Waals surface area contributed by atoms with Crippen molar-refractivity contribution >= 4 is 15.6 Å². The summed E-state index contributed by atoms with van der Waals surface area (Å²) in [5, 5.41) is 9.60. The zero-order valence-electron chi connectivity index (χ0n) is 12.4. The molecule has 2 fully saturated rings. The third-order valence-corrected chi connectivity index (χ3v) is 7.68. The molecule has 0 heterocycles. The Morgan fingerprint density at radius 2 is 1.64 bits per heavy atom. The van der Waals surface area contributed by atoms with E-state index in [9.17, 15) is 18.5 Å². The number of hydrogen-bond donors (Lipinski definition) is 0. The van der Waals surface area contributed by atoms with E-state index in [-0.39, 0.29) is 5.78 Å². The minimum atomic E-state index is -3.42. The standard InChI is InChI=1S/C17H19NO3S/c18-13-16(8-6-14(19)7-9-16)12-17(10-11-17)22(20,21)15-4-2-1-3-5-15/h1-5H,6-12H2. The molecule has 0 aromatic heterocycles. The van der Waals surface area contributed by atoms with Gasteiger partial charge >= 0.3 is 0 Å². The molecule has 0 amide bonds. The van der Waals surface area contributed by atoms with Crippen LogP contribution in [0.4, 0.5) is 0 Å². The fourth-order valence-electron chi connectivity index (χ4n) is 3.48. The predicted molar refractivity (Wildman–Crippen MR) is 81.7 cm³/mol. The van der Waals surface area contributed by atoms with Crippen LogP contribution in [0.25, 0.3) is 0 Å². The van der Waals surface area contributed by atoms with Gasteiger partial charge in [-0.3, -0.25) is 4.79 Å². The molecule has 3 rings (SSSR count). The van der Waals surface area contributed by atoms with Crippen molar-refractivity contribution in [3.63, 3.8) is 0 Å². The first-order valence-corrected chi connectivity index (χ1v) is 9.14. The van der Waals surface area contributed by atoms with Crippen molar-refractivity contribution in [2.75, 3.05) is 0 Å². The molecular weight excluding hydrogens is 298 g/mol. The molecule has 1 aromatic carbocycles. The number of nitriles is 1. The van der Waals surface area contributed by atoms with Crippen molar-refractivity contribution in [1.82, 2.24) is 0 Å². The minimum Gasteiger partial charge on any atom is -0.300 e. The molecule has 116 valence electrons. The molecule has 0 unspecified atom stereocenters. The van der Waals surface area contributed by atoms with Gasteiger partial charge in [0.05, 0.1) is 21.1 Å². The topological polar surface area (TPSA) is 75.0 Å². The number of sulfone groups is 1. The normalized spacial score (nSPS) is 22.8. The van der Waals surface area contributed by atoms with Gasteiger partial charge in [-0.25, -0.2) is 8.42 Å². The molecule has 0 aliphatic heterocycles. The molecule has 0 spiro atoms.